The molecule has 0 spiro atoms. The standard InChI is InChI=1S/C11H11NO3/c1-14-9-4-2-5-10(8-9)15-11(13)6-3-7-12/h2,4-5,8H,3,6H2,1H3. The second-order valence-corrected chi connectivity index (χ2v) is 2.81. The molecule has 4 nitrogen and oxygen atoms in total. The van der Waals surface area contributed by atoms with E-state index in [0.29, 0.717) is 11.5 Å². The van der Waals surface area contributed by atoms with Gasteiger partial charge in [0.25, 0.3) is 0 Å². The maximum Gasteiger partial charge on any atom is 0.312 e. The van der Waals surface area contributed by atoms with E-state index in [4.69, 9.17) is 14.7 Å². The number of carbonyl (C=O) groups is 1. The Hall–Kier alpha value is -2.02. The van der Waals surface area contributed by atoms with Crippen LogP contribution in [-0.4, -0.2) is 13.1 Å². The van der Waals surface area contributed by atoms with Crippen molar-refractivity contribution in [3.63, 3.8) is 0 Å². The van der Waals surface area contributed by atoms with Crippen molar-refractivity contribution in [3.05, 3.63) is 24.3 Å². The lowest BCUT2D eigenvalue weighted by molar-refractivity contribution is -0.134. The molecule has 0 atom stereocenters. The van der Waals surface area contributed by atoms with Crippen LogP contribution in [0.1, 0.15) is 12.8 Å². The average Bonchev–Trinajstić information content (AvgIpc) is 2.26. The van der Waals surface area contributed by atoms with Gasteiger partial charge in [-0.2, -0.15) is 5.26 Å². The van der Waals surface area contributed by atoms with E-state index >= 15 is 0 Å². The fourth-order valence-corrected chi connectivity index (χ4v) is 1.01. The third-order valence-electron chi connectivity index (χ3n) is 1.71. The van der Waals surface area contributed by atoms with Crippen molar-refractivity contribution in [3.8, 4) is 17.6 Å². The third kappa shape index (κ3) is 3.69. The summed E-state index contributed by atoms with van der Waals surface area (Å²) in [7, 11) is 1.54. The summed E-state index contributed by atoms with van der Waals surface area (Å²) >= 11 is 0. The van der Waals surface area contributed by atoms with Crippen LogP contribution in [0.5, 0.6) is 11.5 Å². The maximum atomic E-state index is 11.2. The predicted octanol–water partition coefficient (Wildman–Crippen LogP) is 1.90. The predicted molar refractivity (Wildman–Crippen MR) is 53.5 cm³/mol. The number of benzene rings is 1. The first kappa shape index (κ1) is 11.1. The molecule has 1 aromatic carbocycles. The lowest BCUT2D eigenvalue weighted by Gasteiger charge is -2.04. The second kappa shape index (κ2) is 5.66. The zero-order chi connectivity index (χ0) is 11.1. The molecule has 0 unspecified atom stereocenters. The minimum absolute atomic E-state index is 0.105. The Morgan fingerprint density at radius 3 is 2.87 bits per heavy atom. The molecule has 4 heteroatoms. The quantitative estimate of drug-likeness (QED) is 0.556. The second-order valence-electron chi connectivity index (χ2n) is 2.81. The molecule has 0 aliphatic rings. The van der Waals surface area contributed by atoms with Gasteiger partial charge in [0.05, 0.1) is 19.6 Å². The largest absolute Gasteiger partial charge is 0.497 e. The van der Waals surface area contributed by atoms with Gasteiger partial charge in [0.15, 0.2) is 0 Å². The molecule has 0 aliphatic heterocycles. The van der Waals surface area contributed by atoms with Gasteiger partial charge in [-0.1, -0.05) is 6.07 Å². The molecule has 78 valence electrons. The van der Waals surface area contributed by atoms with Gasteiger partial charge in [-0.15, -0.1) is 0 Å². The molecule has 0 saturated heterocycles. The Morgan fingerprint density at radius 2 is 2.20 bits per heavy atom. The summed E-state index contributed by atoms with van der Waals surface area (Å²) in [6.45, 7) is 0. The topological polar surface area (TPSA) is 59.3 Å². The molecule has 0 aliphatic carbocycles. The lowest BCUT2D eigenvalue weighted by atomic mass is 10.3. The van der Waals surface area contributed by atoms with Gasteiger partial charge in [-0.05, 0) is 12.1 Å². The smallest absolute Gasteiger partial charge is 0.312 e. The number of hydrogen-bond donors (Lipinski definition) is 0. The Balaban J connectivity index is 2.57. The molecule has 0 aromatic heterocycles. The van der Waals surface area contributed by atoms with E-state index in [0.717, 1.165) is 0 Å². The van der Waals surface area contributed by atoms with Crippen LogP contribution in [-0.2, 0) is 4.79 Å². The highest BCUT2D eigenvalue weighted by Gasteiger charge is 2.04. The van der Waals surface area contributed by atoms with E-state index in [9.17, 15) is 4.79 Å². The molecule has 15 heavy (non-hydrogen) atoms. The summed E-state index contributed by atoms with van der Waals surface area (Å²) in [4.78, 5) is 11.2. The van der Waals surface area contributed by atoms with E-state index in [1.54, 1.807) is 24.3 Å². The van der Waals surface area contributed by atoms with E-state index in [1.165, 1.54) is 7.11 Å². The Bertz CT molecular complexity index is 382. The molecule has 0 bridgehead atoms. The van der Waals surface area contributed by atoms with Gasteiger partial charge in [0.1, 0.15) is 11.5 Å². The molecule has 0 heterocycles. The molecule has 1 rings (SSSR count). The summed E-state index contributed by atoms with van der Waals surface area (Å²) in [6.07, 6.45) is 0.274. The number of nitriles is 1. The van der Waals surface area contributed by atoms with Gasteiger partial charge in [0.2, 0.25) is 0 Å². The number of esters is 1. The van der Waals surface area contributed by atoms with Crippen LogP contribution >= 0.6 is 0 Å². The van der Waals surface area contributed by atoms with E-state index in [2.05, 4.69) is 0 Å². The number of methoxy groups -OCH3 is 1. The van der Waals surface area contributed by atoms with Crippen LogP contribution in [0.3, 0.4) is 0 Å². The van der Waals surface area contributed by atoms with E-state index < -0.39 is 5.97 Å². The first-order chi connectivity index (χ1) is 7.26. The molecule has 0 N–H and O–H groups in total. The molecule has 0 saturated carbocycles. The molecular formula is C11H11NO3. The number of rotatable bonds is 4. The molecule has 0 fully saturated rings. The van der Waals surface area contributed by atoms with Crippen LogP contribution in [0.25, 0.3) is 0 Å². The van der Waals surface area contributed by atoms with Crippen molar-refractivity contribution >= 4 is 5.97 Å². The summed E-state index contributed by atoms with van der Waals surface area (Å²) in [5.74, 6) is 0.641. The highest BCUT2D eigenvalue weighted by atomic mass is 16.5. The fourth-order valence-electron chi connectivity index (χ4n) is 1.01. The van der Waals surface area contributed by atoms with Crippen LogP contribution in [0.2, 0.25) is 0 Å². The minimum atomic E-state index is -0.412. The number of nitrogens with zero attached hydrogens (tertiary/aromatic N) is 1. The third-order valence-corrected chi connectivity index (χ3v) is 1.71. The monoisotopic (exact) mass is 205 g/mol. The van der Waals surface area contributed by atoms with Crippen molar-refractivity contribution in [1.82, 2.24) is 0 Å². The fraction of sp³-hybridized carbons (Fsp3) is 0.273. The van der Waals surface area contributed by atoms with Crippen LogP contribution in [0.15, 0.2) is 24.3 Å². The van der Waals surface area contributed by atoms with Crippen molar-refractivity contribution in [2.75, 3.05) is 7.11 Å². The molecule has 0 radical (unpaired) electrons. The molecular weight excluding hydrogens is 194 g/mol. The van der Waals surface area contributed by atoms with Crippen molar-refractivity contribution in [2.45, 2.75) is 12.8 Å². The van der Waals surface area contributed by atoms with Gasteiger partial charge < -0.3 is 9.47 Å². The molecule has 0 amide bonds. The minimum Gasteiger partial charge on any atom is -0.497 e. The zero-order valence-corrected chi connectivity index (χ0v) is 8.40. The summed E-state index contributed by atoms with van der Waals surface area (Å²) in [5.41, 5.74) is 0. The maximum absolute atomic E-state index is 11.2. The van der Waals surface area contributed by atoms with E-state index in [1.807, 2.05) is 6.07 Å². The highest BCUT2D eigenvalue weighted by molar-refractivity contribution is 5.72. The van der Waals surface area contributed by atoms with Crippen molar-refractivity contribution in [1.29, 1.82) is 5.26 Å². The Morgan fingerprint density at radius 1 is 1.47 bits per heavy atom. The first-order valence-electron chi connectivity index (χ1n) is 4.48. The van der Waals surface area contributed by atoms with Crippen LogP contribution < -0.4 is 9.47 Å². The number of carbonyl (C=O) groups excluding carboxylic acids is 1. The van der Waals surface area contributed by atoms with Crippen LogP contribution in [0, 0.1) is 11.3 Å². The van der Waals surface area contributed by atoms with Crippen molar-refractivity contribution < 1.29 is 14.3 Å². The Kier molecular flexibility index (Phi) is 4.17. The highest BCUT2D eigenvalue weighted by Crippen LogP contribution is 2.19. The lowest BCUT2D eigenvalue weighted by Crippen LogP contribution is -2.06. The Labute approximate surface area is 88.0 Å². The van der Waals surface area contributed by atoms with Gasteiger partial charge >= 0.3 is 5.97 Å². The summed E-state index contributed by atoms with van der Waals surface area (Å²) < 4.78 is 9.96. The van der Waals surface area contributed by atoms with Crippen molar-refractivity contribution in [2.24, 2.45) is 0 Å². The SMILES string of the molecule is COc1cccc(OC(=O)CCC#N)c1. The number of hydrogen-bond acceptors (Lipinski definition) is 4. The van der Waals surface area contributed by atoms with Gasteiger partial charge in [0, 0.05) is 12.5 Å². The van der Waals surface area contributed by atoms with Crippen LogP contribution in [0.4, 0.5) is 0 Å². The first-order valence-corrected chi connectivity index (χ1v) is 4.48. The number of ether oxygens (including phenoxy) is 2. The summed E-state index contributed by atoms with van der Waals surface area (Å²) in [5, 5.41) is 8.29. The van der Waals surface area contributed by atoms with Gasteiger partial charge in [-0.25, -0.2) is 0 Å². The normalized spacial score (nSPS) is 9.07. The van der Waals surface area contributed by atoms with E-state index in [-0.39, 0.29) is 12.8 Å². The van der Waals surface area contributed by atoms with Gasteiger partial charge in [-0.3, -0.25) is 4.79 Å². The average molecular weight is 205 g/mol. The summed E-state index contributed by atoms with van der Waals surface area (Å²) in [6, 6.07) is 8.64. The molecule has 1 aromatic rings. The zero-order valence-electron chi connectivity index (χ0n) is 8.40.